The van der Waals surface area contributed by atoms with Crippen LogP contribution in [0.1, 0.15) is 38.5 Å². The van der Waals surface area contributed by atoms with Gasteiger partial charge in [-0.1, -0.05) is 12.8 Å². The second kappa shape index (κ2) is 12.3. The van der Waals surface area contributed by atoms with E-state index < -0.39 is 0 Å². The summed E-state index contributed by atoms with van der Waals surface area (Å²) in [5, 5.41) is 6.77. The summed E-state index contributed by atoms with van der Waals surface area (Å²) >= 11 is 1.89. The maximum absolute atomic E-state index is 4.26. The molecule has 0 aromatic carbocycles. The quantitative estimate of drug-likeness (QED) is 0.409. The zero-order valence-corrected chi connectivity index (χ0v) is 14.1. The molecule has 118 valence electrons. The van der Waals surface area contributed by atoms with Crippen molar-refractivity contribution < 1.29 is 0 Å². The maximum atomic E-state index is 4.26. The fourth-order valence-corrected chi connectivity index (χ4v) is 2.95. The fraction of sp³-hybridized carbons (Fsp3) is 0.933. The highest BCUT2D eigenvalue weighted by atomic mass is 32.2. The van der Waals surface area contributed by atoms with Crippen molar-refractivity contribution in [3.05, 3.63) is 0 Å². The largest absolute Gasteiger partial charge is 0.356 e. The van der Waals surface area contributed by atoms with Crippen molar-refractivity contribution in [2.24, 2.45) is 4.99 Å². The van der Waals surface area contributed by atoms with Gasteiger partial charge < -0.3 is 15.5 Å². The van der Waals surface area contributed by atoms with E-state index in [0.29, 0.717) is 0 Å². The minimum Gasteiger partial charge on any atom is -0.356 e. The Labute approximate surface area is 129 Å². The molecule has 4 nitrogen and oxygen atoms in total. The van der Waals surface area contributed by atoms with Crippen molar-refractivity contribution in [3.63, 3.8) is 0 Å². The molecule has 0 aliphatic carbocycles. The molecule has 0 atom stereocenters. The van der Waals surface area contributed by atoms with Gasteiger partial charge in [0, 0.05) is 20.1 Å². The number of likely N-dealkylation sites (tertiary alicyclic amines) is 1. The van der Waals surface area contributed by atoms with Crippen molar-refractivity contribution >= 4 is 17.7 Å². The maximum Gasteiger partial charge on any atom is 0.190 e. The number of hydrogen-bond acceptors (Lipinski definition) is 3. The van der Waals surface area contributed by atoms with Gasteiger partial charge in [-0.2, -0.15) is 11.8 Å². The molecule has 0 aromatic rings. The lowest BCUT2D eigenvalue weighted by Crippen LogP contribution is -2.39. The van der Waals surface area contributed by atoms with E-state index in [1.54, 1.807) is 0 Å². The van der Waals surface area contributed by atoms with Crippen LogP contribution >= 0.6 is 11.8 Å². The summed E-state index contributed by atoms with van der Waals surface area (Å²) in [5.74, 6) is 2.15. The van der Waals surface area contributed by atoms with Crippen LogP contribution < -0.4 is 10.6 Å². The molecule has 0 spiro atoms. The average molecular weight is 301 g/mol. The van der Waals surface area contributed by atoms with E-state index in [2.05, 4.69) is 26.8 Å². The Bertz CT molecular complexity index is 250. The first-order valence-corrected chi connectivity index (χ1v) is 9.42. The van der Waals surface area contributed by atoms with Gasteiger partial charge in [-0.25, -0.2) is 0 Å². The number of nitrogens with one attached hydrogen (secondary N) is 2. The summed E-state index contributed by atoms with van der Waals surface area (Å²) in [6.07, 6.45) is 10.1. The molecular weight excluding hydrogens is 268 g/mol. The number of nitrogens with zero attached hydrogens (tertiary/aromatic N) is 2. The summed E-state index contributed by atoms with van der Waals surface area (Å²) in [6.45, 7) is 5.82. The van der Waals surface area contributed by atoms with Gasteiger partial charge in [-0.3, -0.25) is 4.99 Å². The Balaban J connectivity index is 2.02. The molecule has 1 aliphatic heterocycles. The Morgan fingerprint density at radius 2 is 1.70 bits per heavy atom. The monoisotopic (exact) mass is 300 g/mol. The summed E-state index contributed by atoms with van der Waals surface area (Å²) < 4.78 is 0. The smallest absolute Gasteiger partial charge is 0.190 e. The SMILES string of the molecule is CN=C(NCCCSC)NCCCN1CCCCCC1. The normalized spacial score (nSPS) is 17.8. The minimum atomic E-state index is 0.946. The lowest BCUT2D eigenvalue weighted by atomic mass is 10.2. The number of guanidine groups is 1. The average Bonchev–Trinajstić information content (AvgIpc) is 2.74. The Kier molecular flexibility index (Phi) is 10.9. The summed E-state index contributed by atoms with van der Waals surface area (Å²) in [7, 11) is 1.85. The number of hydrogen-bond donors (Lipinski definition) is 2. The van der Waals surface area contributed by atoms with Crippen molar-refractivity contribution in [2.75, 3.05) is 51.8 Å². The van der Waals surface area contributed by atoms with E-state index in [4.69, 9.17) is 0 Å². The molecule has 1 aliphatic rings. The molecule has 2 N–H and O–H groups in total. The van der Waals surface area contributed by atoms with Crippen LogP contribution in [0.15, 0.2) is 4.99 Å². The molecular formula is C15H32N4S. The first-order valence-electron chi connectivity index (χ1n) is 8.02. The van der Waals surface area contributed by atoms with Gasteiger partial charge >= 0.3 is 0 Å². The van der Waals surface area contributed by atoms with Gasteiger partial charge in [0.1, 0.15) is 0 Å². The highest BCUT2D eigenvalue weighted by Crippen LogP contribution is 2.09. The standard InChI is InChI=1S/C15H32N4S/c1-16-15(18-10-8-14-20-2)17-9-7-13-19-11-5-3-4-6-12-19/h3-14H2,1-2H3,(H2,16,17,18). The summed E-state index contributed by atoms with van der Waals surface area (Å²) in [6, 6.07) is 0. The molecule has 5 heteroatoms. The first-order chi connectivity index (χ1) is 9.86. The van der Waals surface area contributed by atoms with Crippen LogP contribution in [0.5, 0.6) is 0 Å². The molecule has 0 saturated carbocycles. The van der Waals surface area contributed by atoms with Crippen molar-refractivity contribution in [1.82, 2.24) is 15.5 Å². The second-order valence-electron chi connectivity index (χ2n) is 5.38. The van der Waals surface area contributed by atoms with E-state index in [1.165, 1.54) is 63.9 Å². The Morgan fingerprint density at radius 1 is 1.05 bits per heavy atom. The van der Waals surface area contributed by atoms with Crippen LogP contribution in [-0.2, 0) is 0 Å². The molecule has 1 saturated heterocycles. The summed E-state index contributed by atoms with van der Waals surface area (Å²) in [4.78, 5) is 6.87. The van der Waals surface area contributed by atoms with Crippen molar-refractivity contribution in [3.8, 4) is 0 Å². The predicted octanol–water partition coefficient (Wildman–Crippen LogP) is 2.17. The van der Waals surface area contributed by atoms with Crippen LogP contribution in [0.25, 0.3) is 0 Å². The highest BCUT2D eigenvalue weighted by Gasteiger charge is 2.08. The third-order valence-electron chi connectivity index (χ3n) is 3.68. The number of thioether (sulfide) groups is 1. The number of rotatable bonds is 8. The fourth-order valence-electron chi connectivity index (χ4n) is 2.51. The topological polar surface area (TPSA) is 39.7 Å². The van der Waals surface area contributed by atoms with E-state index in [1.807, 2.05) is 18.8 Å². The molecule has 0 amide bonds. The van der Waals surface area contributed by atoms with Gasteiger partial charge in [-0.15, -0.1) is 0 Å². The van der Waals surface area contributed by atoms with Gasteiger partial charge in [0.15, 0.2) is 5.96 Å². The predicted molar refractivity (Wildman–Crippen MR) is 91.9 cm³/mol. The molecule has 0 bridgehead atoms. The third kappa shape index (κ3) is 8.69. The molecule has 0 radical (unpaired) electrons. The lowest BCUT2D eigenvalue weighted by Gasteiger charge is -2.20. The second-order valence-corrected chi connectivity index (χ2v) is 6.37. The molecule has 0 aromatic heterocycles. The molecule has 1 fully saturated rings. The Morgan fingerprint density at radius 3 is 2.30 bits per heavy atom. The van der Waals surface area contributed by atoms with Crippen LogP contribution in [-0.4, -0.2) is 62.6 Å². The van der Waals surface area contributed by atoms with Crippen LogP contribution in [0.4, 0.5) is 0 Å². The van der Waals surface area contributed by atoms with Gasteiger partial charge in [0.25, 0.3) is 0 Å². The van der Waals surface area contributed by atoms with Gasteiger partial charge in [0.2, 0.25) is 0 Å². The molecule has 20 heavy (non-hydrogen) atoms. The number of aliphatic imine (C=N–C) groups is 1. The van der Waals surface area contributed by atoms with Crippen molar-refractivity contribution in [2.45, 2.75) is 38.5 Å². The van der Waals surface area contributed by atoms with E-state index >= 15 is 0 Å². The zero-order chi connectivity index (χ0) is 14.5. The Hall–Kier alpha value is -0.420. The van der Waals surface area contributed by atoms with Crippen LogP contribution in [0.3, 0.4) is 0 Å². The van der Waals surface area contributed by atoms with Gasteiger partial charge in [0.05, 0.1) is 0 Å². The molecule has 1 heterocycles. The van der Waals surface area contributed by atoms with Crippen LogP contribution in [0.2, 0.25) is 0 Å². The van der Waals surface area contributed by atoms with E-state index in [9.17, 15) is 0 Å². The van der Waals surface area contributed by atoms with Gasteiger partial charge in [-0.05, 0) is 57.3 Å². The third-order valence-corrected chi connectivity index (χ3v) is 4.38. The summed E-state index contributed by atoms with van der Waals surface area (Å²) in [5.41, 5.74) is 0. The molecule has 0 unspecified atom stereocenters. The lowest BCUT2D eigenvalue weighted by molar-refractivity contribution is 0.282. The highest BCUT2D eigenvalue weighted by molar-refractivity contribution is 7.98. The minimum absolute atomic E-state index is 0.946. The van der Waals surface area contributed by atoms with E-state index in [0.717, 1.165) is 19.0 Å². The van der Waals surface area contributed by atoms with Crippen LogP contribution in [0, 0.1) is 0 Å². The first kappa shape index (κ1) is 17.6. The molecule has 1 rings (SSSR count). The van der Waals surface area contributed by atoms with Crippen molar-refractivity contribution in [1.29, 1.82) is 0 Å². The zero-order valence-electron chi connectivity index (χ0n) is 13.3. The van der Waals surface area contributed by atoms with E-state index in [-0.39, 0.29) is 0 Å².